The molecule has 0 saturated carbocycles. The van der Waals surface area contributed by atoms with Gasteiger partial charge in [-0.05, 0) is 5.56 Å². The average Bonchev–Trinajstić information content (AvgIpc) is 2.15. The number of rotatable bonds is 3. The van der Waals surface area contributed by atoms with Gasteiger partial charge in [0.15, 0.2) is 0 Å². The van der Waals surface area contributed by atoms with Crippen LogP contribution in [0.25, 0.3) is 0 Å². The van der Waals surface area contributed by atoms with Gasteiger partial charge in [-0.1, -0.05) is 30.3 Å². The molecule has 0 amide bonds. The second-order valence-electron chi connectivity index (χ2n) is 2.74. The maximum atomic E-state index is 10.7. The normalized spacial score (nSPS) is 12.2. The second-order valence-corrected chi connectivity index (χ2v) is 2.74. The van der Waals surface area contributed by atoms with Crippen molar-refractivity contribution in [1.82, 2.24) is 0 Å². The monoisotopic (exact) mass is 179 g/mol. The van der Waals surface area contributed by atoms with E-state index in [2.05, 4.69) is 0 Å². The minimum atomic E-state index is -0.321. The fraction of sp³-hybridized carbons (Fsp3) is 0.300. The highest BCUT2D eigenvalue weighted by Gasteiger charge is 2.11. The lowest BCUT2D eigenvalue weighted by Gasteiger charge is -2.14. The van der Waals surface area contributed by atoms with E-state index in [0.717, 1.165) is 5.56 Å². The minimum Gasteiger partial charge on any atom is -0.456 e. The van der Waals surface area contributed by atoms with Gasteiger partial charge in [0, 0.05) is 13.5 Å². The zero-order chi connectivity index (χ0) is 9.68. The molecule has 0 aromatic heterocycles. The molecule has 1 aromatic carbocycles. The Morgan fingerprint density at radius 1 is 1.46 bits per heavy atom. The summed E-state index contributed by atoms with van der Waals surface area (Å²) in [4.78, 5) is 10.7. The highest BCUT2D eigenvalue weighted by molar-refractivity contribution is 5.66. The Morgan fingerprint density at radius 3 is 2.54 bits per heavy atom. The van der Waals surface area contributed by atoms with Gasteiger partial charge in [-0.2, -0.15) is 0 Å². The van der Waals surface area contributed by atoms with Gasteiger partial charge in [0.2, 0.25) is 0 Å². The lowest BCUT2D eigenvalue weighted by molar-refractivity contribution is -0.146. The van der Waals surface area contributed by atoms with Crippen LogP contribution >= 0.6 is 0 Å². The SMILES string of the molecule is CC(=O)O[C@H](CN)c1ccccc1. The Bertz CT molecular complexity index is 272. The maximum absolute atomic E-state index is 10.7. The van der Waals surface area contributed by atoms with Crippen LogP contribution in [-0.4, -0.2) is 12.5 Å². The van der Waals surface area contributed by atoms with Crippen molar-refractivity contribution in [2.75, 3.05) is 6.54 Å². The fourth-order valence-electron chi connectivity index (χ4n) is 1.12. The minimum absolute atomic E-state index is 0.306. The van der Waals surface area contributed by atoms with Crippen molar-refractivity contribution in [1.29, 1.82) is 0 Å². The van der Waals surface area contributed by atoms with E-state index in [4.69, 9.17) is 10.5 Å². The lowest BCUT2D eigenvalue weighted by atomic mass is 10.1. The van der Waals surface area contributed by atoms with Crippen LogP contribution < -0.4 is 5.73 Å². The van der Waals surface area contributed by atoms with E-state index in [0.29, 0.717) is 6.54 Å². The first-order valence-corrected chi connectivity index (χ1v) is 4.16. The van der Waals surface area contributed by atoms with Gasteiger partial charge in [0.05, 0.1) is 0 Å². The van der Waals surface area contributed by atoms with E-state index >= 15 is 0 Å². The molecule has 0 radical (unpaired) electrons. The van der Waals surface area contributed by atoms with Gasteiger partial charge in [-0.15, -0.1) is 0 Å². The predicted molar refractivity (Wildman–Crippen MR) is 50.0 cm³/mol. The van der Waals surface area contributed by atoms with Gasteiger partial charge >= 0.3 is 5.97 Å². The molecule has 2 N–H and O–H groups in total. The van der Waals surface area contributed by atoms with Crippen LogP contribution in [-0.2, 0) is 9.53 Å². The Balaban J connectivity index is 2.73. The summed E-state index contributed by atoms with van der Waals surface area (Å²) in [6.45, 7) is 1.69. The van der Waals surface area contributed by atoms with Crippen molar-refractivity contribution in [2.24, 2.45) is 5.73 Å². The second kappa shape index (κ2) is 4.62. The average molecular weight is 179 g/mol. The van der Waals surface area contributed by atoms with Crippen LogP contribution in [0.5, 0.6) is 0 Å². The van der Waals surface area contributed by atoms with Crippen molar-refractivity contribution in [2.45, 2.75) is 13.0 Å². The predicted octanol–water partition coefficient (Wildman–Crippen LogP) is 1.25. The van der Waals surface area contributed by atoms with Crippen molar-refractivity contribution in [3.63, 3.8) is 0 Å². The van der Waals surface area contributed by atoms with Gasteiger partial charge in [-0.25, -0.2) is 0 Å². The van der Waals surface area contributed by atoms with Gasteiger partial charge in [-0.3, -0.25) is 4.79 Å². The molecule has 0 unspecified atom stereocenters. The summed E-state index contributed by atoms with van der Waals surface area (Å²) >= 11 is 0. The standard InChI is InChI=1S/C10H13NO2/c1-8(12)13-10(7-11)9-5-3-2-4-6-9/h2-6,10H,7,11H2,1H3/t10-/m1/s1. The molecule has 0 spiro atoms. The molecule has 0 aliphatic heterocycles. The van der Waals surface area contributed by atoms with Crippen LogP contribution in [0.3, 0.4) is 0 Å². The summed E-state index contributed by atoms with van der Waals surface area (Å²) in [6.07, 6.45) is -0.321. The fourth-order valence-corrected chi connectivity index (χ4v) is 1.12. The molecule has 3 nitrogen and oxygen atoms in total. The Hall–Kier alpha value is -1.35. The van der Waals surface area contributed by atoms with Crippen LogP contribution in [0.4, 0.5) is 0 Å². The first kappa shape index (κ1) is 9.74. The lowest BCUT2D eigenvalue weighted by Crippen LogP contribution is -2.17. The molecule has 0 fully saturated rings. The zero-order valence-electron chi connectivity index (χ0n) is 7.57. The van der Waals surface area contributed by atoms with E-state index in [1.807, 2.05) is 30.3 Å². The Labute approximate surface area is 77.5 Å². The summed E-state index contributed by atoms with van der Waals surface area (Å²) in [7, 11) is 0. The topological polar surface area (TPSA) is 52.3 Å². The van der Waals surface area contributed by atoms with E-state index in [1.54, 1.807) is 0 Å². The molecule has 0 heterocycles. The molecule has 13 heavy (non-hydrogen) atoms. The number of benzene rings is 1. The quantitative estimate of drug-likeness (QED) is 0.710. The molecule has 70 valence electrons. The molecule has 0 saturated heterocycles. The van der Waals surface area contributed by atoms with Crippen LogP contribution in [0.1, 0.15) is 18.6 Å². The third kappa shape index (κ3) is 2.87. The van der Waals surface area contributed by atoms with Gasteiger partial charge in [0.25, 0.3) is 0 Å². The van der Waals surface area contributed by atoms with Crippen LogP contribution in [0.2, 0.25) is 0 Å². The highest BCUT2D eigenvalue weighted by atomic mass is 16.5. The van der Waals surface area contributed by atoms with Gasteiger partial charge < -0.3 is 10.5 Å². The molecule has 1 atom stereocenters. The third-order valence-electron chi connectivity index (χ3n) is 1.69. The molecule has 1 aromatic rings. The maximum Gasteiger partial charge on any atom is 0.303 e. The summed E-state index contributed by atoms with van der Waals surface area (Å²) < 4.78 is 5.02. The largest absolute Gasteiger partial charge is 0.456 e. The number of ether oxygens (including phenoxy) is 1. The highest BCUT2D eigenvalue weighted by Crippen LogP contribution is 2.15. The van der Waals surface area contributed by atoms with Crippen molar-refractivity contribution in [3.8, 4) is 0 Å². The number of carbonyl (C=O) groups excluding carboxylic acids is 1. The number of hydrogen-bond acceptors (Lipinski definition) is 3. The smallest absolute Gasteiger partial charge is 0.303 e. The van der Waals surface area contributed by atoms with Crippen molar-refractivity contribution < 1.29 is 9.53 Å². The summed E-state index contributed by atoms with van der Waals surface area (Å²) in [6, 6.07) is 9.47. The van der Waals surface area contributed by atoms with E-state index in [9.17, 15) is 4.79 Å². The van der Waals surface area contributed by atoms with Crippen molar-refractivity contribution >= 4 is 5.97 Å². The Kier molecular flexibility index (Phi) is 3.46. The summed E-state index contributed by atoms with van der Waals surface area (Å²) in [5.41, 5.74) is 6.41. The Morgan fingerprint density at radius 2 is 2.08 bits per heavy atom. The molecule has 0 aliphatic rings. The number of nitrogens with two attached hydrogens (primary N) is 1. The molecule has 3 heteroatoms. The molecular weight excluding hydrogens is 166 g/mol. The molecule has 0 aliphatic carbocycles. The van der Waals surface area contributed by atoms with Crippen LogP contribution in [0.15, 0.2) is 30.3 Å². The van der Waals surface area contributed by atoms with Crippen LogP contribution in [0, 0.1) is 0 Å². The zero-order valence-corrected chi connectivity index (χ0v) is 7.57. The summed E-state index contributed by atoms with van der Waals surface area (Å²) in [5, 5.41) is 0. The van der Waals surface area contributed by atoms with Crippen molar-refractivity contribution in [3.05, 3.63) is 35.9 Å². The number of carbonyl (C=O) groups is 1. The molecule has 0 bridgehead atoms. The first-order valence-electron chi connectivity index (χ1n) is 4.16. The third-order valence-corrected chi connectivity index (χ3v) is 1.69. The molecular formula is C10H13NO2. The molecule has 1 rings (SSSR count). The van der Waals surface area contributed by atoms with E-state index < -0.39 is 0 Å². The van der Waals surface area contributed by atoms with E-state index in [1.165, 1.54) is 6.92 Å². The summed E-state index contributed by atoms with van der Waals surface area (Å²) in [5.74, 6) is -0.306. The number of hydrogen-bond donors (Lipinski definition) is 1. The number of esters is 1. The van der Waals surface area contributed by atoms with Gasteiger partial charge in [0.1, 0.15) is 6.10 Å². The van der Waals surface area contributed by atoms with E-state index in [-0.39, 0.29) is 12.1 Å². The first-order chi connectivity index (χ1) is 6.24.